The summed E-state index contributed by atoms with van der Waals surface area (Å²) >= 11 is 0. The molecule has 1 aliphatic heterocycles. The van der Waals surface area contributed by atoms with Gasteiger partial charge in [0, 0.05) is 12.6 Å². The van der Waals surface area contributed by atoms with Gasteiger partial charge >= 0.3 is 5.97 Å². The van der Waals surface area contributed by atoms with E-state index in [1.807, 2.05) is 0 Å². The number of carbonyl (C=O) groups is 1. The van der Waals surface area contributed by atoms with Gasteiger partial charge in [0.2, 0.25) is 0 Å². The van der Waals surface area contributed by atoms with Crippen molar-refractivity contribution in [2.24, 2.45) is 0 Å². The molecule has 0 bridgehead atoms. The van der Waals surface area contributed by atoms with Gasteiger partial charge in [-0.15, -0.1) is 0 Å². The van der Waals surface area contributed by atoms with Crippen LogP contribution in [0.1, 0.15) is 65.2 Å². The van der Waals surface area contributed by atoms with Crippen LogP contribution in [-0.4, -0.2) is 46.8 Å². The highest BCUT2D eigenvalue weighted by molar-refractivity contribution is 5.69. The molecule has 2 atom stereocenters. The number of rotatable bonds is 6. The van der Waals surface area contributed by atoms with Crippen molar-refractivity contribution in [1.82, 2.24) is 4.90 Å². The van der Waals surface area contributed by atoms with Crippen LogP contribution in [0.3, 0.4) is 0 Å². The Morgan fingerprint density at radius 3 is 2.65 bits per heavy atom. The van der Waals surface area contributed by atoms with Crippen molar-refractivity contribution in [2.45, 2.75) is 83.0 Å². The normalized spacial score (nSPS) is 27.1. The summed E-state index contributed by atoms with van der Waals surface area (Å²) in [5.74, 6) is -0.740. The Morgan fingerprint density at radius 1 is 1.35 bits per heavy atom. The fourth-order valence-electron chi connectivity index (χ4n) is 3.68. The van der Waals surface area contributed by atoms with Crippen molar-refractivity contribution in [3.63, 3.8) is 0 Å². The predicted molar refractivity (Wildman–Crippen MR) is 78.9 cm³/mol. The van der Waals surface area contributed by atoms with E-state index < -0.39 is 5.97 Å². The molecule has 0 aromatic carbocycles. The monoisotopic (exact) mass is 283 g/mol. The predicted octanol–water partition coefficient (Wildman–Crippen LogP) is 3.05. The van der Waals surface area contributed by atoms with Gasteiger partial charge in [0.05, 0.1) is 18.2 Å². The SMILES string of the molecule is CCC(C)N(CC(=O)O)CC1CCC2(CCCCC2)O1. The molecule has 4 nitrogen and oxygen atoms in total. The van der Waals surface area contributed by atoms with Crippen LogP contribution in [0.2, 0.25) is 0 Å². The van der Waals surface area contributed by atoms with Gasteiger partial charge in [0.25, 0.3) is 0 Å². The minimum atomic E-state index is -0.740. The van der Waals surface area contributed by atoms with Gasteiger partial charge in [-0.05, 0) is 39.0 Å². The molecule has 1 saturated heterocycles. The molecule has 1 aliphatic carbocycles. The molecule has 0 amide bonds. The molecular weight excluding hydrogens is 254 g/mol. The second kappa shape index (κ2) is 6.90. The number of carboxylic acid groups (broad SMARTS) is 1. The lowest BCUT2D eigenvalue weighted by Gasteiger charge is -2.35. The van der Waals surface area contributed by atoms with Gasteiger partial charge in [-0.25, -0.2) is 0 Å². The van der Waals surface area contributed by atoms with Crippen LogP contribution in [0.25, 0.3) is 0 Å². The van der Waals surface area contributed by atoms with Crippen molar-refractivity contribution >= 4 is 5.97 Å². The molecule has 0 aromatic heterocycles. The van der Waals surface area contributed by atoms with Gasteiger partial charge in [-0.2, -0.15) is 0 Å². The lowest BCUT2D eigenvalue weighted by atomic mass is 9.83. The summed E-state index contributed by atoms with van der Waals surface area (Å²) in [7, 11) is 0. The largest absolute Gasteiger partial charge is 0.480 e. The van der Waals surface area contributed by atoms with Crippen molar-refractivity contribution in [3.05, 3.63) is 0 Å². The van der Waals surface area contributed by atoms with E-state index in [1.54, 1.807) is 0 Å². The molecule has 116 valence electrons. The highest BCUT2D eigenvalue weighted by Gasteiger charge is 2.41. The number of hydrogen-bond donors (Lipinski definition) is 1. The summed E-state index contributed by atoms with van der Waals surface area (Å²) in [6.07, 6.45) is 9.78. The molecule has 0 aromatic rings. The van der Waals surface area contributed by atoms with Crippen LogP contribution in [0.4, 0.5) is 0 Å². The standard InChI is InChI=1S/C16H29NO3/c1-3-13(2)17(12-15(18)19)11-14-7-10-16(20-14)8-5-4-6-9-16/h13-14H,3-12H2,1-2H3,(H,18,19). The molecule has 1 heterocycles. The third-order valence-corrected chi connectivity index (χ3v) is 5.09. The first-order valence-electron chi connectivity index (χ1n) is 8.18. The van der Waals surface area contributed by atoms with Crippen LogP contribution >= 0.6 is 0 Å². The maximum atomic E-state index is 11.0. The van der Waals surface area contributed by atoms with Gasteiger partial charge in [0.1, 0.15) is 0 Å². The number of carboxylic acids is 1. The summed E-state index contributed by atoms with van der Waals surface area (Å²) < 4.78 is 6.36. The van der Waals surface area contributed by atoms with E-state index in [0.29, 0.717) is 6.04 Å². The van der Waals surface area contributed by atoms with Crippen molar-refractivity contribution in [3.8, 4) is 0 Å². The van der Waals surface area contributed by atoms with E-state index in [0.717, 1.165) is 19.4 Å². The zero-order chi connectivity index (χ0) is 14.6. The van der Waals surface area contributed by atoms with Crippen LogP contribution < -0.4 is 0 Å². The second-order valence-corrected chi connectivity index (χ2v) is 6.60. The number of nitrogens with zero attached hydrogens (tertiary/aromatic N) is 1. The number of aliphatic carboxylic acids is 1. The minimum Gasteiger partial charge on any atom is -0.480 e. The Morgan fingerprint density at radius 2 is 2.05 bits per heavy atom. The molecule has 20 heavy (non-hydrogen) atoms. The molecule has 2 unspecified atom stereocenters. The quantitative estimate of drug-likeness (QED) is 0.814. The first-order valence-corrected chi connectivity index (χ1v) is 8.18. The van der Waals surface area contributed by atoms with Crippen LogP contribution in [-0.2, 0) is 9.53 Å². The highest BCUT2D eigenvalue weighted by Crippen LogP contribution is 2.42. The van der Waals surface area contributed by atoms with Gasteiger partial charge in [0.15, 0.2) is 0 Å². The Bertz CT molecular complexity index is 326. The molecule has 4 heteroatoms. The average molecular weight is 283 g/mol. The Kier molecular flexibility index (Phi) is 5.44. The smallest absolute Gasteiger partial charge is 0.317 e. The van der Waals surface area contributed by atoms with Gasteiger partial charge in [-0.3, -0.25) is 9.69 Å². The zero-order valence-corrected chi connectivity index (χ0v) is 12.9. The first-order chi connectivity index (χ1) is 9.54. The number of hydrogen-bond acceptors (Lipinski definition) is 3. The van der Waals surface area contributed by atoms with E-state index in [2.05, 4.69) is 18.7 Å². The lowest BCUT2D eigenvalue weighted by Crippen LogP contribution is -2.43. The summed E-state index contributed by atoms with van der Waals surface area (Å²) in [4.78, 5) is 13.1. The highest BCUT2D eigenvalue weighted by atomic mass is 16.5. The topological polar surface area (TPSA) is 49.8 Å². The fourth-order valence-corrected chi connectivity index (χ4v) is 3.68. The molecule has 1 saturated carbocycles. The minimum absolute atomic E-state index is 0.127. The van der Waals surface area contributed by atoms with Gasteiger partial charge in [-0.1, -0.05) is 26.2 Å². The maximum absolute atomic E-state index is 11.0. The van der Waals surface area contributed by atoms with E-state index in [-0.39, 0.29) is 18.2 Å². The molecule has 2 rings (SSSR count). The van der Waals surface area contributed by atoms with E-state index in [4.69, 9.17) is 9.84 Å². The first kappa shape index (κ1) is 15.8. The molecule has 2 fully saturated rings. The van der Waals surface area contributed by atoms with E-state index in [9.17, 15) is 4.79 Å². The zero-order valence-electron chi connectivity index (χ0n) is 12.9. The Balaban J connectivity index is 1.89. The third-order valence-electron chi connectivity index (χ3n) is 5.09. The molecule has 1 N–H and O–H groups in total. The molecule has 0 radical (unpaired) electrons. The third kappa shape index (κ3) is 3.95. The van der Waals surface area contributed by atoms with Gasteiger partial charge < -0.3 is 9.84 Å². The summed E-state index contributed by atoms with van der Waals surface area (Å²) in [5.41, 5.74) is 0.132. The molecule has 2 aliphatic rings. The summed E-state index contributed by atoms with van der Waals surface area (Å²) in [6.45, 7) is 5.11. The van der Waals surface area contributed by atoms with Crippen LogP contribution in [0.15, 0.2) is 0 Å². The van der Waals surface area contributed by atoms with E-state index >= 15 is 0 Å². The van der Waals surface area contributed by atoms with Crippen LogP contribution in [0, 0.1) is 0 Å². The van der Waals surface area contributed by atoms with Crippen molar-refractivity contribution in [1.29, 1.82) is 0 Å². The van der Waals surface area contributed by atoms with Crippen molar-refractivity contribution < 1.29 is 14.6 Å². The second-order valence-electron chi connectivity index (χ2n) is 6.60. The van der Waals surface area contributed by atoms with Crippen molar-refractivity contribution in [2.75, 3.05) is 13.1 Å². The average Bonchev–Trinajstić information content (AvgIpc) is 2.80. The molecule has 1 spiro atoms. The van der Waals surface area contributed by atoms with Crippen LogP contribution in [0.5, 0.6) is 0 Å². The van der Waals surface area contributed by atoms with E-state index in [1.165, 1.54) is 38.5 Å². The number of ether oxygens (including phenoxy) is 1. The Hall–Kier alpha value is -0.610. The maximum Gasteiger partial charge on any atom is 0.317 e. The summed E-state index contributed by atoms with van der Waals surface area (Å²) in [5, 5.41) is 9.06. The fraction of sp³-hybridized carbons (Fsp3) is 0.938. The summed E-state index contributed by atoms with van der Waals surface area (Å²) in [6, 6.07) is 0.303. The Labute approximate surface area is 122 Å². The molecular formula is C16H29NO3. The lowest BCUT2D eigenvalue weighted by molar-refractivity contribution is -0.139.